The van der Waals surface area contributed by atoms with Crippen molar-refractivity contribution < 1.29 is 9.84 Å². The van der Waals surface area contributed by atoms with E-state index in [-0.39, 0.29) is 6.61 Å². The third kappa shape index (κ3) is 3.54. The molecule has 0 unspecified atom stereocenters. The maximum atomic E-state index is 9.26. The van der Waals surface area contributed by atoms with Gasteiger partial charge >= 0.3 is 0 Å². The Morgan fingerprint density at radius 2 is 2.16 bits per heavy atom. The van der Waals surface area contributed by atoms with Crippen LogP contribution in [-0.2, 0) is 19.6 Å². The zero-order valence-corrected chi connectivity index (χ0v) is 11.3. The number of pyridine rings is 1. The second kappa shape index (κ2) is 6.33. The molecule has 0 aliphatic heterocycles. The number of aryl methyl sites for hydroxylation is 2. The Morgan fingerprint density at radius 3 is 2.79 bits per heavy atom. The quantitative estimate of drug-likeness (QED) is 0.868. The molecule has 0 saturated heterocycles. The predicted molar refractivity (Wildman–Crippen MR) is 72.1 cm³/mol. The van der Waals surface area contributed by atoms with Crippen molar-refractivity contribution in [2.45, 2.75) is 39.8 Å². The minimum atomic E-state index is -0.0101. The average molecular weight is 261 g/mol. The standard InChI is InChI=1S/C14H19N3O2/c1-3-5-12-6-11(10-18)7-14(16-12)19-13-8-15-17(4-2)9-13/h6-9,18H,3-5,10H2,1-2H3. The van der Waals surface area contributed by atoms with Gasteiger partial charge in [-0.05, 0) is 25.0 Å². The molecule has 19 heavy (non-hydrogen) atoms. The molecule has 5 nitrogen and oxygen atoms in total. The topological polar surface area (TPSA) is 60.2 Å². The zero-order chi connectivity index (χ0) is 13.7. The van der Waals surface area contributed by atoms with E-state index in [1.165, 1.54) is 0 Å². The van der Waals surface area contributed by atoms with E-state index < -0.39 is 0 Å². The van der Waals surface area contributed by atoms with Crippen LogP contribution in [0.5, 0.6) is 11.6 Å². The third-order valence-corrected chi connectivity index (χ3v) is 2.76. The number of nitrogens with zero attached hydrogens (tertiary/aromatic N) is 3. The van der Waals surface area contributed by atoms with Crippen molar-refractivity contribution in [3.8, 4) is 11.6 Å². The van der Waals surface area contributed by atoms with E-state index in [1.807, 2.05) is 19.2 Å². The van der Waals surface area contributed by atoms with E-state index in [0.29, 0.717) is 11.6 Å². The van der Waals surface area contributed by atoms with Crippen molar-refractivity contribution in [1.82, 2.24) is 14.8 Å². The summed E-state index contributed by atoms with van der Waals surface area (Å²) in [6.07, 6.45) is 5.37. The van der Waals surface area contributed by atoms with E-state index in [2.05, 4.69) is 17.0 Å². The van der Waals surface area contributed by atoms with Crippen molar-refractivity contribution in [2.75, 3.05) is 0 Å². The molecule has 5 heteroatoms. The molecule has 0 aromatic carbocycles. The number of aliphatic hydroxyl groups excluding tert-OH is 1. The summed E-state index contributed by atoms with van der Waals surface area (Å²) >= 11 is 0. The Hall–Kier alpha value is -1.88. The lowest BCUT2D eigenvalue weighted by Crippen LogP contribution is -1.97. The molecule has 0 atom stereocenters. The van der Waals surface area contributed by atoms with Crippen molar-refractivity contribution in [2.24, 2.45) is 0 Å². The van der Waals surface area contributed by atoms with Crippen LogP contribution in [-0.4, -0.2) is 19.9 Å². The summed E-state index contributed by atoms with van der Waals surface area (Å²) < 4.78 is 7.47. The second-order valence-electron chi connectivity index (χ2n) is 4.35. The van der Waals surface area contributed by atoms with Gasteiger partial charge in [-0.3, -0.25) is 4.68 Å². The maximum absolute atomic E-state index is 9.26. The molecule has 102 valence electrons. The molecule has 0 saturated carbocycles. The number of ether oxygens (including phenoxy) is 1. The summed E-state index contributed by atoms with van der Waals surface area (Å²) in [6.45, 7) is 4.90. The van der Waals surface area contributed by atoms with Gasteiger partial charge < -0.3 is 9.84 Å². The SMILES string of the molecule is CCCc1cc(CO)cc(Oc2cnn(CC)c2)n1. The number of rotatable bonds is 6. The van der Waals surface area contributed by atoms with E-state index in [1.54, 1.807) is 16.9 Å². The molecule has 0 aliphatic rings. The highest BCUT2D eigenvalue weighted by atomic mass is 16.5. The molecule has 0 fully saturated rings. The normalized spacial score (nSPS) is 10.7. The lowest BCUT2D eigenvalue weighted by atomic mass is 10.2. The van der Waals surface area contributed by atoms with Gasteiger partial charge in [-0.2, -0.15) is 5.10 Å². The molecule has 2 rings (SSSR count). The molecule has 0 amide bonds. The molecular formula is C14H19N3O2. The maximum Gasteiger partial charge on any atom is 0.219 e. The molecule has 0 spiro atoms. The highest BCUT2D eigenvalue weighted by Crippen LogP contribution is 2.21. The minimum Gasteiger partial charge on any atom is -0.436 e. The van der Waals surface area contributed by atoms with Gasteiger partial charge in [0.2, 0.25) is 5.88 Å². The van der Waals surface area contributed by atoms with Crippen molar-refractivity contribution in [3.05, 3.63) is 35.8 Å². The summed E-state index contributed by atoms with van der Waals surface area (Å²) in [4.78, 5) is 4.43. The number of hydrogen-bond donors (Lipinski definition) is 1. The molecule has 2 aromatic rings. The number of hydrogen-bond acceptors (Lipinski definition) is 4. The summed E-state index contributed by atoms with van der Waals surface area (Å²) in [5.74, 6) is 1.16. The summed E-state index contributed by atoms with van der Waals surface area (Å²) in [7, 11) is 0. The van der Waals surface area contributed by atoms with Gasteiger partial charge in [0.1, 0.15) is 0 Å². The van der Waals surface area contributed by atoms with Crippen molar-refractivity contribution in [1.29, 1.82) is 0 Å². The summed E-state index contributed by atoms with van der Waals surface area (Å²) in [6, 6.07) is 3.66. The highest BCUT2D eigenvalue weighted by molar-refractivity contribution is 5.28. The number of aromatic nitrogens is 3. The smallest absolute Gasteiger partial charge is 0.219 e. The van der Waals surface area contributed by atoms with Crippen LogP contribution < -0.4 is 4.74 Å². The van der Waals surface area contributed by atoms with Gasteiger partial charge in [0.25, 0.3) is 0 Å². The van der Waals surface area contributed by atoms with Crippen LogP contribution in [0.2, 0.25) is 0 Å². The Bertz CT molecular complexity index is 537. The van der Waals surface area contributed by atoms with Crippen molar-refractivity contribution in [3.63, 3.8) is 0 Å². The fraction of sp³-hybridized carbons (Fsp3) is 0.429. The van der Waals surface area contributed by atoms with Gasteiger partial charge in [-0.1, -0.05) is 13.3 Å². The van der Waals surface area contributed by atoms with Crippen molar-refractivity contribution >= 4 is 0 Å². The van der Waals surface area contributed by atoms with Gasteiger partial charge in [0.15, 0.2) is 5.75 Å². The minimum absolute atomic E-state index is 0.0101. The van der Waals surface area contributed by atoms with Crippen LogP contribution in [0.15, 0.2) is 24.5 Å². The van der Waals surface area contributed by atoms with Gasteiger partial charge in [0, 0.05) is 18.3 Å². The van der Waals surface area contributed by atoms with Gasteiger partial charge in [-0.15, -0.1) is 0 Å². The molecule has 1 N–H and O–H groups in total. The third-order valence-electron chi connectivity index (χ3n) is 2.76. The first kappa shape index (κ1) is 13.5. The Morgan fingerprint density at radius 1 is 1.32 bits per heavy atom. The Balaban J connectivity index is 2.20. The molecule has 0 aliphatic carbocycles. The zero-order valence-electron chi connectivity index (χ0n) is 11.3. The predicted octanol–water partition coefficient (Wildman–Crippen LogP) is 2.54. The highest BCUT2D eigenvalue weighted by Gasteiger charge is 2.06. The lowest BCUT2D eigenvalue weighted by Gasteiger charge is -2.07. The molecule has 2 heterocycles. The van der Waals surface area contributed by atoms with Crippen LogP contribution in [0.25, 0.3) is 0 Å². The van der Waals surface area contributed by atoms with E-state index >= 15 is 0 Å². The average Bonchev–Trinajstić information content (AvgIpc) is 2.86. The van der Waals surface area contributed by atoms with Gasteiger partial charge in [-0.25, -0.2) is 4.98 Å². The van der Waals surface area contributed by atoms with Crippen LogP contribution in [0.3, 0.4) is 0 Å². The molecule has 2 aromatic heterocycles. The lowest BCUT2D eigenvalue weighted by molar-refractivity contribution is 0.280. The first-order valence-electron chi connectivity index (χ1n) is 6.56. The van der Waals surface area contributed by atoms with Crippen LogP contribution >= 0.6 is 0 Å². The summed E-state index contributed by atoms with van der Waals surface area (Å²) in [5, 5.41) is 13.4. The van der Waals surface area contributed by atoms with E-state index in [0.717, 1.165) is 30.6 Å². The Kier molecular flexibility index (Phi) is 4.52. The molecule has 0 radical (unpaired) electrons. The monoisotopic (exact) mass is 261 g/mol. The van der Waals surface area contributed by atoms with E-state index in [4.69, 9.17) is 4.74 Å². The fourth-order valence-corrected chi connectivity index (χ4v) is 1.84. The van der Waals surface area contributed by atoms with E-state index in [9.17, 15) is 5.11 Å². The van der Waals surface area contributed by atoms with Crippen LogP contribution in [0.4, 0.5) is 0 Å². The summed E-state index contributed by atoms with van der Waals surface area (Å²) in [5.41, 5.74) is 1.75. The van der Waals surface area contributed by atoms with Crippen LogP contribution in [0.1, 0.15) is 31.5 Å². The Labute approximate surface area is 112 Å². The van der Waals surface area contributed by atoms with Crippen LogP contribution in [0, 0.1) is 0 Å². The molecule has 0 bridgehead atoms. The largest absolute Gasteiger partial charge is 0.436 e. The number of aliphatic hydroxyl groups is 1. The molecular weight excluding hydrogens is 242 g/mol. The first-order valence-corrected chi connectivity index (χ1v) is 6.56. The first-order chi connectivity index (χ1) is 9.25. The second-order valence-corrected chi connectivity index (χ2v) is 4.35. The fourth-order valence-electron chi connectivity index (χ4n) is 1.84. The van der Waals surface area contributed by atoms with Gasteiger partial charge in [0.05, 0.1) is 19.0 Å².